The van der Waals surface area contributed by atoms with Gasteiger partial charge in [0.25, 0.3) is 20.2 Å². The van der Waals surface area contributed by atoms with E-state index in [9.17, 15) is 16.8 Å². The second-order valence-corrected chi connectivity index (χ2v) is 14.2. The van der Waals surface area contributed by atoms with Crippen LogP contribution in [0.3, 0.4) is 0 Å². The third kappa shape index (κ3) is 17.9. The van der Waals surface area contributed by atoms with Crippen molar-refractivity contribution in [1.29, 1.82) is 0 Å². The normalized spacial score (nSPS) is 10.3. The van der Waals surface area contributed by atoms with Crippen LogP contribution >= 0.6 is 7.92 Å². The monoisotopic (exact) mass is 707 g/mol. The minimum Gasteiger partial charge on any atom is -0.0622 e. The molecule has 0 bridgehead atoms. The molecule has 0 radical (unpaired) electrons. The Kier molecular flexibility index (Phi) is 21.7. The van der Waals surface area contributed by atoms with Crippen LogP contribution in [0, 0.1) is 13.3 Å². The number of hydrogen-bond donors (Lipinski definition) is 0. The van der Waals surface area contributed by atoms with Gasteiger partial charge in [-0.2, -0.15) is 16.8 Å². The average Bonchev–Trinajstić information content (AvgIpc) is 3.04. The van der Waals surface area contributed by atoms with Gasteiger partial charge in [-0.05, 0) is 36.0 Å². The molecule has 0 aliphatic carbocycles. The molecule has 45 heavy (non-hydrogen) atoms. The van der Waals surface area contributed by atoms with E-state index in [4.69, 9.17) is 17.7 Å². The number of hydrogen-bond acceptors (Lipinski definition) is 7. The maximum absolute atomic E-state index is 11.0. The first kappa shape index (κ1) is 41.9. The van der Waals surface area contributed by atoms with Crippen molar-refractivity contribution in [3.05, 3.63) is 135 Å². The van der Waals surface area contributed by atoms with E-state index >= 15 is 0 Å². The summed E-state index contributed by atoms with van der Waals surface area (Å²) in [5.41, 5.74) is 0.826. The van der Waals surface area contributed by atoms with Gasteiger partial charge in [0.05, 0.1) is 25.7 Å². The topological polar surface area (TPSA) is 130 Å². The Morgan fingerprint density at radius 1 is 0.556 bits per heavy atom. The molecule has 0 amide bonds. The molecule has 4 aromatic carbocycles. The summed E-state index contributed by atoms with van der Waals surface area (Å²) in [6, 6.07) is 41.5. The largest absolute Gasteiger partial charge is 0.0622 e. The molecule has 4 aromatic rings. The summed E-state index contributed by atoms with van der Waals surface area (Å²) in [5.74, 6) is 0. The zero-order valence-corrected chi connectivity index (χ0v) is 28.6. The Labute approximate surface area is 278 Å². The molecular weight excluding hydrogens is 673 g/mol. The molecule has 238 valence electrons. The van der Waals surface area contributed by atoms with Gasteiger partial charge in [-0.3, -0.25) is 8.37 Å². The van der Waals surface area contributed by atoms with Crippen molar-refractivity contribution >= 4 is 49.8 Å². The summed E-state index contributed by atoms with van der Waals surface area (Å²) in [6.45, 7) is 9.55. The molecule has 0 unspecified atom stereocenters. The minimum atomic E-state index is -3.50. The fourth-order valence-electron chi connectivity index (χ4n) is 3.78. The van der Waals surface area contributed by atoms with Crippen LogP contribution in [-0.2, 0) is 55.3 Å². The minimum absolute atomic E-state index is 0. The van der Waals surface area contributed by atoms with E-state index in [1.54, 1.807) is 4.90 Å². The van der Waals surface area contributed by atoms with E-state index in [0.29, 0.717) is 13.1 Å². The van der Waals surface area contributed by atoms with E-state index in [0.717, 1.165) is 18.2 Å². The number of benzene rings is 4. The van der Waals surface area contributed by atoms with Crippen LogP contribution in [0.15, 0.2) is 121 Å². The summed E-state index contributed by atoms with van der Waals surface area (Å²) in [5, 5.41) is 4.19. The summed E-state index contributed by atoms with van der Waals surface area (Å²) in [6.07, 6.45) is 1.96. The molecule has 0 aromatic heterocycles. The zero-order valence-electron chi connectivity index (χ0n) is 24.8. The van der Waals surface area contributed by atoms with Gasteiger partial charge in [-0.15, -0.1) is 0 Å². The van der Waals surface area contributed by atoms with Gasteiger partial charge in [0, 0.05) is 36.1 Å². The predicted octanol–water partition coefficient (Wildman–Crippen LogP) is 3.81. The van der Waals surface area contributed by atoms with Gasteiger partial charge in [-0.1, -0.05) is 109 Å². The van der Waals surface area contributed by atoms with E-state index in [2.05, 4.69) is 104 Å². The molecule has 0 spiro atoms. The van der Waals surface area contributed by atoms with Crippen LogP contribution in [0.1, 0.15) is 0 Å². The SMILES string of the molecule is CS(=O)(=O)OCCN(CCOS(C)(=O)=O)c1ccccc1.[C-]#[O+].[C-]#[O+].[Cr].c1ccc(P(c2ccccc2)c2ccccc2)cc1. The van der Waals surface area contributed by atoms with Crippen molar-refractivity contribution in [1.82, 2.24) is 0 Å². The maximum atomic E-state index is 11.0. The van der Waals surface area contributed by atoms with Gasteiger partial charge in [-0.25, -0.2) is 0 Å². The fraction of sp³-hybridized carbons (Fsp3) is 0.188. The predicted molar refractivity (Wildman–Crippen MR) is 173 cm³/mol. The molecule has 0 fully saturated rings. The Hall–Kier alpha value is -3.06. The van der Waals surface area contributed by atoms with Crippen molar-refractivity contribution in [2.45, 2.75) is 0 Å². The number of para-hydroxylation sites is 1. The molecule has 0 aliphatic heterocycles. The summed E-state index contributed by atoms with van der Waals surface area (Å²) in [4.78, 5) is 1.79. The quantitative estimate of drug-likeness (QED) is 0.0948. The zero-order chi connectivity index (χ0) is 32.8. The number of nitrogens with zero attached hydrogens (tertiary/aromatic N) is 1. The Bertz CT molecular complexity index is 1460. The van der Waals surface area contributed by atoms with Gasteiger partial charge in [0.15, 0.2) is 0 Å². The fourth-order valence-corrected chi connectivity index (χ4v) is 6.84. The van der Waals surface area contributed by atoms with Crippen LogP contribution in [0.5, 0.6) is 0 Å². The average molecular weight is 708 g/mol. The molecule has 0 N–H and O–H groups in total. The Balaban J connectivity index is 0.000000761. The van der Waals surface area contributed by atoms with Crippen molar-refractivity contribution in [2.75, 3.05) is 43.7 Å². The summed E-state index contributed by atoms with van der Waals surface area (Å²) in [7, 11) is -7.45. The molecular formula is C32H34CrNO8PS2. The second-order valence-electron chi connectivity index (χ2n) is 8.72. The van der Waals surface area contributed by atoms with E-state index in [-0.39, 0.29) is 30.6 Å². The standard InChI is InChI=1S/C18H15P.C12H19NO6S2.2CO.Cr/c1-4-10-16(11-5-1)19(17-12-6-2-7-13-17)18-14-8-3-9-15-18;1-20(14,15)18-10-8-13(9-11-19-21(2,16)17)12-6-4-3-5-7-12;2*1-2;/h1-15H;3-7H,8-11H2,1-2H3;;;. The van der Waals surface area contributed by atoms with Gasteiger partial charge in [0.1, 0.15) is 0 Å². The van der Waals surface area contributed by atoms with Crippen LogP contribution in [0.25, 0.3) is 0 Å². The molecule has 13 heteroatoms. The second kappa shape index (κ2) is 23.3. The molecule has 0 atom stereocenters. The Morgan fingerprint density at radius 3 is 1.09 bits per heavy atom. The smallest absolute Gasteiger partial charge is 0 e. The maximum Gasteiger partial charge on any atom is 0 e. The van der Waals surface area contributed by atoms with Crippen LogP contribution in [-0.4, -0.2) is 55.7 Å². The first-order valence-electron chi connectivity index (χ1n) is 13.0. The van der Waals surface area contributed by atoms with Crippen molar-refractivity contribution in [3.8, 4) is 0 Å². The van der Waals surface area contributed by atoms with Gasteiger partial charge in [0.2, 0.25) is 0 Å². The van der Waals surface area contributed by atoms with Crippen molar-refractivity contribution in [2.24, 2.45) is 0 Å². The van der Waals surface area contributed by atoms with E-state index < -0.39 is 28.2 Å². The third-order valence-corrected chi connectivity index (χ3v) is 9.12. The Morgan fingerprint density at radius 2 is 0.822 bits per heavy atom. The van der Waals surface area contributed by atoms with Crippen LogP contribution in [0.2, 0.25) is 0 Å². The van der Waals surface area contributed by atoms with Crippen molar-refractivity contribution in [3.63, 3.8) is 0 Å². The summed E-state index contributed by atoms with van der Waals surface area (Å²) >= 11 is 0. The number of anilines is 1. The molecule has 9 nitrogen and oxygen atoms in total. The van der Waals surface area contributed by atoms with Gasteiger partial charge < -0.3 is 4.90 Å². The van der Waals surface area contributed by atoms with Gasteiger partial charge >= 0.3 is 22.6 Å². The van der Waals surface area contributed by atoms with Crippen molar-refractivity contribution < 1.29 is 51.9 Å². The molecule has 4 rings (SSSR count). The molecule has 0 saturated carbocycles. The molecule has 0 aliphatic rings. The molecule has 0 saturated heterocycles. The van der Waals surface area contributed by atoms with E-state index in [1.165, 1.54) is 15.9 Å². The third-order valence-electron chi connectivity index (χ3n) is 5.48. The van der Waals surface area contributed by atoms with Crippen LogP contribution in [0.4, 0.5) is 5.69 Å². The van der Waals surface area contributed by atoms with E-state index in [1.807, 2.05) is 30.3 Å². The first-order valence-corrected chi connectivity index (χ1v) is 17.9. The summed E-state index contributed by atoms with van der Waals surface area (Å²) < 4.78 is 68.2. The number of rotatable bonds is 12. The van der Waals surface area contributed by atoms with Crippen LogP contribution < -0.4 is 20.8 Å². The first-order chi connectivity index (χ1) is 21.1. The molecule has 0 heterocycles.